The van der Waals surface area contributed by atoms with E-state index in [1.807, 2.05) is 6.92 Å². The van der Waals surface area contributed by atoms with Crippen LogP contribution in [0.2, 0.25) is 0 Å². The summed E-state index contributed by atoms with van der Waals surface area (Å²) in [4.78, 5) is 10.5. The molecule has 0 saturated carbocycles. The highest BCUT2D eigenvalue weighted by molar-refractivity contribution is 5.74. The van der Waals surface area contributed by atoms with Crippen LogP contribution < -0.4 is 5.73 Å². The van der Waals surface area contributed by atoms with E-state index in [2.05, 4.69) is 20.8 Å². The Labute approximate surface area is 62.8 Å². The lowest BCUT2D eigenvalue weighted by Gasteiger charge is -2.25. The summed E-state index contributed by atoms with van der Waals surface area (Å²) in [5, 5.41) is 0. The molecule has 0 fully saturated rings. The Balaban J connectivity index is 3.85. The molecule has 0 spiro atoms. The second-order valence-corrected chi connectivity index (χ2v) is 3.94. The van der Waals surface area contributed by atoms with E-state index >= 15 is 0 Å². The molecular formula is C8H17NO. The van der Waals surface area contributed by atoms with E-state index in [0.29, 0.717) is 12.3 Å². The van der Waals surface area contributed by atoms with Crippen molar-refractivity contribution in [2.45, 2.75) is 34.1 Å². The van der Waals surface area contributed by atoms with Crippen LogP contribution in [0.3, 0.4) is 0 Å². The van der Waals surface area contributed by atoms with E-state index in [9.17, 15) is 4.79 Å². The summed E-state index contributed by atoms with van der Waals surface area (Å²) < 4.78 is 0. The van der Waals surface area contributed by atoms with Crippen molar-refractivity contribution in [1.29, 1.82) is 0 Å². The molecular weight excluding hydrogens is 126 g/mol. The van der Waals surface area contributed by atoms with E-state index in [1.165, 1.54) is 0 Å². The molecule has 0 aliphatic heterocycles. The highest BCUT2D eigenvalue weighted by atomic mass is 16.1. The Morgan fingerprint density at radius 2 is 1.90 bits per heavy atom. The second kappa shape index (κ2) is 3.04. The molecule has 2 nitrogen and oxygen atoms in total. The van der Waals surface area contributed by atoms with Crippen molar-refractivity contribution in [3.05, 3.63) is 0 Å². The number of carbonyl (C=O) groups excluding carboxylic acids is 1. The Morgan fingerprint density at radius 3 is 2.00 bits per heavy atom. The average Bonchev–Trinajstić information content (AvgIpc) is 1.60. The zero-order valence-corrected chi connectivity index (χ0v) is 7.27. The summed E-state index contributed by atoms with van der Waals surface area (Å²) >= 11 is 0. The lowest BCUT2D eigenvalue weighted by Crippen LogP contribution is -2.23. The Hall–Kier alpha value is -0.530. The van der Waals surface area contributed by atoms with Crippen LogP contribution in [0.15, 0.2) is 0 Å². The topological polar surface area (TPSA) is 43.1 Å². The van der Waals surface area contributed by atoms with Crippen molar-refractivity contribution in [3.8, 4) is 0 Å². The van der Waals surface area contributed by atoms with E-state index < -0.39 is 0 Å². The Bertz CT molecular complexity index is 124. The first-order valence-electron chi connectivity index (χ1n) is 3.62. The van der Waals surface area contributed by atoms with Crippen LogP contribution in [0.25, 0.3) is 0 Å². The van der Waals surface area contributed by atoms with Crippen LogP contribution in [-0.2, 0) is 4.79 Å². The number of nitrogens with two attached hydrogens (primary N) is 1. The molecule has 0 aromatic carbocycles. The number of hydrogen-bond acceptors (Lipinski definition) is 1. The third-order valence-electron chi connectivity index (χ3n) is 1.99. The lowest BCUT2D eigenvalue weighted by atomic mass is 9.80. The third kappa shape index (κ3) is 3.49. The maximum Gasteiger partial charge on any atom is 0.217 e. The SMILES string of the molecule is C[C@@H](CC(N)=O)C(C)(C)C. The van der Waals surface area contributed by atoms with Crippen LogP contribution in [-0.4, -0.2) is 5.91 Å². The van der Waals surface area contributed by atoms with Gasteiger partial charge in [0.15, 0.2) is 0 Å². The van der Waals surface area contributed by atoms with Gasteiger partial charge in [-0.05, 0) is 11.3 Å². The van der Waals surface area contributed by atoms with Crippen LogP contribution in [0.1, 0.15) is 34.1 Å². The van der Waals surface area contributed by atoms with Gasteiger partial charge in [-0.3, -0.25) is 4.79 Å². The fourth-order valence-electron chi connectivity index (χ4n) is 0.608. The average molecular weight is 143 g/mol. The fraction of sp³-hybridized carbons (Fsp3) is 0.875. The minimum absolute atomic E-state index is 0.190. The van der Waals surface area contributed by atoms with Gasteiger partial charge >= 0.3 is 0 Å². The van der Waals surface area contributed by atoms with Gasteiger partial charge in [-0.25, -0.2) is 0 Å². The fourth-order valence-corrected chi connectivity index (χ4v) is 0.608. The molecule has 0 unspecified atom stereocenters. The summed E-state index contributed by atoms with van der Waals surface area (Å²) in [6.07, 6.45) is 0.490. The van der Waals surface area contributed by atoms with Gasteiger partial charge in [0.05, 0.1) is 0 Å². The Morgan fingerprint density at radius 1 is 1.50 bits per heavy atom. The van der Waals surface area contributed by atoms with Gasteiger partial charge in [0.25, 0.3) is 0 Å². The molecule has 2 N–H and O–H groups in total. The van der Waals surface area contributed by atoms with Crippen molar-refractivity contribution in [2.75, 3.05) is 0 Å². The predicted octanol–water partition coefficient (Wildman–Crippen LogP) is 1.54. The molecule has 1 atom stereocenters. The third-order valence-corrected chi connectivity index (χ3v) is 1.99. The first-order valence-corrected chi connectivity index (χ1v) is 3.62. The first-order chi connectivity index (χ1) is 4.34. The summed E-state index contributed by atoms with van der Waals surface area (Å²) in [5.41, 5.74) is 5.24. The maximum atomic E-state index is 10.5. The molecule has 0 saturated heterocycles. The highest BCUT2D eigenvalue weighted by Gasteiger charge is 2.21. The van der Waals surface area contributed by atoms with Crippen molar-refractivity contribution in [2.24, 2.45) is 17.1 Å². The van der Waals surface area contributed by atoms with Crippen molar-refractivity contribution in [1.82, 2.24) is 0 Å². The minimum atomic E-state index is -0.206. The van der Waals surface area contributed by atoms with Gasteiger partial charge in [0.2, 0.25) is 5.91 Å². The highest BCUT2D eigenvalue weighted by Crippen LogP contribution is 2.27. The molecule has 60 valence electrons. The molecule has 10 heavy (non-hydrogen) atoms. The van der Waals surface area contributed by atoms with Crippen LogP contribution in [0.4, 0.5) is 0 Å². The molecule has 1 amide bonds. The van der Waals surface area contributed by atoms with Gasteiger partial charge in [-0.2, -0.15) is 0 Å². The largest absolute Gasteiger partial charge is 0.370 e. The van der Waals surface area contributed by atoms with Crippen LogP contribution >= 0.6 is 0 Å². The smallest absolute Gasteiger partial charge is 0.217 e. The van der Waals surface area contributed by atoms with E-state index in [4.69, 9.17) is 5.73 Å². The van der Waals surface area contributed by atoms with Gasteiger partial charge in [-0.15, -0.1) is 0 Å². The molecule has 0 aromatic rings. The lowest BCUT2D eigenvalue weighted by molar-refractivity contribution is -0.119. The minimum Gasteiger partial charge on any atom is -0.370 e. The molecule has 0 aromatic heterocycles. The molecule has 0 aliphatic rings. The zero-order valence-electron chi connectivity index (χ0n) is 7.27. The number of rotatable bonds is 2. The van der Waals surface area contributed by atoms with Gasteiger partial charge in [0.1, 0.15) is 0 Å². The van der Waals surface area contributed by atoms with E-state index in [0.717, 1.165) is 0 Å². The number of hydrogen-bond donors (Lipinski definition) is 1. The van der Waals surface area contributed by atoms with E-state index in [-0.39, 0.29) is 11.3 Å². The summed E-state index contributed by atoms with van der Waals surface area (Å²) in [5.74, 6) is 0.160. The zero-order chi connectivity index (χ0) is 8.36. The number of primary amides is 1. The second-order valence-electron chi connectivity index (χ2n) is 3.94. The summed E-state index contributed by atoms with van der Waals surface area (Å²) in [7, 11) is 0. The quantitative estimate of drug-likeness (QED) is 0.626. The number of amides is 1. The molecule has 0 aliphatic carbocycles. The van der Waals surface area contributed by atoms with E-state index in [1.54, 1.807) is 0 Å². The molecule has 0 heterocycles. The van der Waals surface area contributed by atoms with Gasteiger partial charge in [-0.1, -0.05) is 27.7 Å². The van der Waals surface area contributed by atoms with Crippen molar-refractivity contribution < 1.29 is 4.79 Å². The predicted molar refractivity (Wildman–Crippen MR) is 42.4 cm³/mol. The normalized spacial score (nSPS) is 14.8. The maximum absolute atomic E-state index is 10.5. The van der Waals surface area contributed by atoms with Crippen LogP contribution in [0.5, 0.6) is 0 Å². The summed E-state index contributed by atoms with van der Waals surface area (Å²) in [6, 6.07) is 0. The monoisotopic (exact) mass is 143 g/mol. The van der Waals surface area contributed by atoms with Crippen LogP contribution in [0, 0.1) is 11.3 Å². The Kier molecular flexibility index (Phi) is 2.88. The van der Waals surface area contributed by atoms with Gasteiger partial charge < -0.3 is 5.73 Å². The molecule has 0 radical (unpaired) electrons. The number of carbonyl (C=O) groups is 1. The molecule has 2 heteroatoms. The molecule has 0 rings (SSSR count). The summed E-state index contributed by atoms with van der Waals surface area (Å²) in [6.45, 7) is 8.38. The van der Waals surface area contributed by atoms with Crippen molar-refractivity contribution >= 4 is 5.91 Å². The standard InChI is InChI=1S/C8H17NO/c1-6(5-7(9)10)8(2,3)4/h6H,5H2,1-4H3,(H2,9,10)/t6-/m0/s1. The first kappa shape index (κ1) is 9.47. The van der Waals surface area contributed by atoms with Gasteiger partial charge in [0, 0.05) is 6.42 Å². The molecule has 0 bridgehead atoms. The van der Waals surface area contributed by atoms with Crippen molar-refractivity contribution in [3.63, 3.8) is 0 Å².